The van der Waals surface area contributed by atoms with Crippen LogP contribution < -0.4 is 0 Å². The van der Waals surface area contributed by atoms with Gasteiger partial charge in [-0.3, -0.25) is 0 Å². The number of nitrogens with zero attached hydrogens (tertiary/aromatic N) is 2. The summed E-state index contributed by atoms with van der Waals surface area (Å²) in [6.45, 7) is 0. The minimum Gasteiger partial charge on any atom is -0.358 e. The van der Waals surface area contributed by atoms with E-state index in [1.54, 1.807) is 18.2 Å². The summed E-state index contributed by atoms with van der Waals surface area (Å²) < 4.78 is 0. The van der Waals surface area contributed by atoms with Crippen molar-refractivity contribution in [3.05, 3.63) is 46.0 Å². The minimum atomic E-state index is -0.741. The van der Waals surface area contributed by atoms with Crippen molar-refractivity contribution in [2.24, 2.45) is 5.16 Å². The van der Waals surface area contributed by atoms with Gasteiger partial charge < -0.3 is 15.3 Å². The molecule has 0 spiro atoms. The van der Waals surface area contributed by atoms with Gasteiger partial charge >= 0.3 is 5.84 Å². The van der Waals surface area contributed by atoms with E-state index in [0.29, 0.717) is 0 Å². The highest BCUT2D eigenvalue weighted by atomic mass is 16.6. The van der Waals surface area contributed by atoms with E-state index in [-0.39, 0.29) is 5.56 Å². The molecule has 0 saturated heterocycles. The molecule has 5 heteroatoms. The van der Waals surface area contributed by atoms with Gasteiger partial charge in [-0.2, -0.15) is 0 Å². The summed E-state index contributed by atoms with van der Waals surface area (Å²) in [5, 5.41) is 21.1. The van der Waals surface area contributed by atoms with Gasteiger partial charge in [-0.25, -0.2) is 0 Å². The lowest BCUT2D eigenvalue weighted by molar-refractivity contribution is -0.351. The molecular formula is C7H6N2O3. The third kappa shape index (κ3) is 1.57. The number of benzene rings is 1. The van der Waals surface area contributed by atoms with Crippen LogP contribution in [0.25, 0.3) is 0 Å². The molecule has 0 fully saturated rings. The van der Waals surface area contributed by atoms with Crippen molar-refractivity contribution < 1.29 is 10.1 Å². The first-order chi connectivity index (χ1) is 5.75. The molecule has 62 valence electrons. The molecule has 1 aromatic rings. The zero-order valence-electron chi connectivity index (χ0n) is 6.04. The fraction of sp³-hybridized carbons (Fsp3) is 0. The summed E-state index contributed by atoms with van der Waals surface area (Å²) in [4.78, 5) is 9.51. The van der Waals surface area contributed by atoms with Crippen molar-refractivity contribution in [3.8, 4) is 0 Å². The molecule has 0 heterocycles. The molecule has 0 aliphatic carbocycles. The number of amidine groups is 1. The molecule has 5 nitrogen and oxygen atoms in total. The van der Waals surface area contributed by atoms with Crippen LogP contribution in [0.2, 0.25) is 0 Å². The molecular weight excluding hydrogens is 160 g/mol. The Morgan fingerprint density at radius 2 is 2.00 bits per heavy atom. The Morgan fingerprint density at radius 3 is 2.42 bits per heavy atom. The number of nitro groups is 1. The fourth-order valence-electron chi connectivity index (χ4n) is 0.787. The van der Waals surface area contributed by atoms with E-state index in [2.05, 4.69) is 5.16 Å². The van der Waals surface area contributed by atoms with Crippen LogP contribution in [0, 0.1) is 10.1 Å². The maximum Gasteiger partial charge on any atom is 0.416 e. The van der Waals surface area contributed by atoms with Crippen LogP contribution >= 0.6 is 0 Å². The first-order valence-electron chi connectivity index (χ1n) is 3.17. The van der Waals surface area contributed by atoms with Crippen LogP contribution in [-0.4, -0.2) is 16.0 Å². The fourth-order valence-corrected chi connectivity index (χ4v) is 0.787. The Balaban J connectivity index is 3.05. The summed E-state index contributed by atoms with van der Waals surface area (Å²) in [7, 11) is 0. The monoisotopic (exact) mass is 166 g/mol. The summed E-state index contributed by atoms with van der Waals surface area (Å²) in [6, 6.07) is 7.97. The summed E-state index contributed by atoms with van der Waals surface area (Å²) in [5.41, 5.74) is 0.282. The number of oxime groups is 1. The average molecular weight is 166 g/mol. The second-order valence-corrected chi connectivity index (χ2v) is 2.05. The third-order valence-corrected chi connectivity index (χ3v) is 1.30. The molecule has 1 N–H and O–H groups in total. The summed E-state index contributed by atoms with van der Waals surface area (Å²) in [6.07, 6.45) is 0. The van der Waals surface area contributed by atoms with Gasteiger partial charge in [-0.15, -0.1) is 0 Å². The van der Waals surface area contributed by atoms with Gasteiger partial charge in [0.25, 0.3) is 0 Å². The molecule has 0 bridgehead atoms. The first-order valence-corrected chi connectivity index (χ1v) is 3.17. The Hall–Kier alpha value is -1.91. The average Bonchev–Trinajstić information content (AvgIpc) is 2.07. The standard InChI is InChI=1S/C7H6N2O3/c10-8-7(9(11)12)6-4-2-1-3-5-6/h1-5,10H/b8-7-. The number of rotatable bonds is 1. The van der Waals surface area contributed by atoms with Gasteiger partial charge in [0, 0.05) is 0 Å². The van der Waals surface area contributed by atoms with E-state index >= 15 is 0 Å². The summed E-state index contributed by atoms with van der Waals surface area (Å²) >= 11 is 0. The molecule has 0 unspecified atom stereocenters. The maximum atomic E-state index is 10.2. The van der Waals surface area contributed by atoms with Crippen molar-refractivity contribution in [1.29, 1.82) is 0 Å². The molecule has 0 saturated carbocycles. The van der Waals surface area contributed by atoms with E-state index in [1.807, 2.05) is 0 Å². The van der Waals surface area contributed by atoms with Gasteiger partial charge in [0.15, 0.2) is 5.16 Å². The van der Waals surface area contributed by atoms with Gasteiger partial charge in [0.1, 0.15) is 0 Å². The Bertz CT molecular complexity index is 308. The van der Waals surface area contributed by atoms with Crippen LogP contribution in [0.5, 0.6) is 0 Å². The van der Waals surface area contributed by atoms with Crippen molar-refractivity contribution in [1.82, 2.24) is 0 Å². The van der Waals surface area contributed by atoms with Crippen LogP contribution in [0.4, 0.5) is 0 Å². The van der Waals surface area contributed by atoms with Crippen molar-refractivity contribution in [2.75, 3.05) is 0 Å². The number of hydrogen-bond acceptors (Lipinski definition) is 4. The molecule has 12 heavy (non-hydrogen) atoms. The predicted molar refractivity (Wildman–Crippen MR) is 41.8 cm³/mol. The van der Waals surface area contributed by atoms with Crippen LogP contribution in [-0.2, 0) is 0 Å². The largest absolute Gasteiger partial charge is 0.416 e. The van der Waals surface area contributed by atoms with Gasteiger partial charge in [0.2, 0.25) is 0 Å². The maximum absolute atomic E-state index is 10.2. The quantitative estimate of drug-likeness (QED) is 0.223. The van der Waals surface area contributed by atoms with E-state index < -0.39 is 10.8 Å². The third-order valence-electron chi connectivity index (χ3n) is 1.30. The topological polar surface area (TPSA) is 75.7 Å². The van der Waals surface area contributed by atoms with Crippen molar-refractivity contribution in [2.45, 2.75) is 0 Å². The van der Waals surface area contributed by atoms with E-state index in [0.717, 1.165) is 0 Å². The van der Waals surface area contributed by atoms with Gasteiger partial charge in [-0.05, 0) is 17.1 Å². The van der Waals surface area contributed by atoms with Crippen LogP contribution in [0.15, 0.2) is 35.5 Å². The molecule has 0 aliphatic heterocycles. The highest BCUT2D eigenvalue weighted by molar-refractivity contribution is 5.91. The normalized spacial score (nSPS) is 11.2. The molecule has 0 aromatic heterocycles. The zero-order chi connectivity index (χ0) is 8.97. The minimum absolute atomic E-state index is 0.282. The van der Waals surface area contributed by atoms with E-state index in [9.17, 15) is 10.1 Å². The Kier molecular flexibility index (Phi) is 2.37. The Morgan fingerprint density at radius 1 is 1.42 bits per heavy atom. The first kappa shape index (κ1) is 8.19. The summed E-state index contributed by atoms with van der Waals surface area (Å²) in [5.74, 6) is -0.546. The molecule has 1 aromatic carbocycles. The van der Waals surface area contributed by atoms with Crippen molar-refractivity contribution in [3.63, 3.8) is 0 Å². The lowest BCUT2D eigenvalue weighted by Crippen LogP contribution is -2.12. The SMILES string of the molecule is O=[N+]([O-])/C(=N\O)c1ccccc1. The molecule has 0 atom stereocenters. The highest BCUT2D eigenvalue weighted by Crippen LogP contribution is 2.00. The molecule has 0 amide bonds. The Labute approximate surface area is 68.1 Å². The van der Waals surface area contributed by atoms with E-state index in [1.165, 1.54) is 12.1 Å². The van der Waals surface area contributed by atoms with Crippen LogP contribution in [0.3, 0.4) is 0 Å². The second-order valence-electron chi connectivity index (χ2n) is 2.05. The predicted octanol–water partition coefficient (Wildman–Crippen LogP) is 1.10. The lowest BCUT2D eigenvalue weighted by atomic mass is 10.2. The zero-order valence-corrected chi connectivity index (χ0v) is 6.04. The van der Waals surface area contributed by atoms with Crippen molar-refractivity contribution >= 4 is 5.84 Å². The van der Waals surface area contributed by atoms with Gasteiger partial charge in [0.05, 0.1) is 5.56 Å². The smallest absolute Gasteiger partial charge is 0.358 e. The van der Waals surface area contributed by atoms with Gasteiger partial charge in [-0.1, -0.05) is 18.2 Å². The number of hydrogen-bond donors (Lipinski definition) is 1. The second kappa shape index (κ2) is 3.47. The highest BCUT2D eigenvalue weighted by Gasteiger charge is 2.14. The lowest BCUT2D eigenvalue weighted by Gasteiger charge is -1.94. The molecule has 1 rings (SSSR count). The molecule has 0 aliphatic rings. The van der Waals surface area contributed by atoms with E-state index in [4.69, 9.17) is 5.21 Å². The molecule has 0 radical (unpaired) electrons. The van der Waals surface area contributed by atoms with Crippen LogP contribution in [0.1, 0.15) is 5.56 Å².